The zero-order chi connectivity index (χ0) is 26.4. The Hall–Kier alpha value is -2.62. The molecule has 0 saturated heterocycles. The summed E-state index contributed by atoms with van der Waals surface area (Å²) in [6.45, 7) is 2.89. The van der Waals surface area contributed by atoms with E-state index in [4.69, 9.17) is 0 Å². The van der Waals surface area contributed by atoms with Crippen molar-refractivity contribution in [2.24, 2.45) is 0 Å². The van der Waals surface area contributed by atoms with E-state index < -0.39 is 54.1 Å². The van der Waals surface area contributed by atoms with Crippen LogP contribution in [-0.4, -0.2) is 39.2 Å². The van der Waals surface area contributed by atoms with Crippen LogP contribution < -0.4 is 8.37 Å². The highest BCUT2D eigenvalue weighted by atomic mass is 32.2. The normalized spacial score (nSPS) is 14.1. The van der Waals surface area contributed by atoms with Gasteiger partial charge in [0.2, 0.25) is 0 Å². The third-order valence-electron chi connectivity index (χ3n) is 4.21. The number of rotatable bonds is 9. The number of benzene rings is 2. The molecule has 0 spiro atoms. The first kappa shape index (κ1) is 27.6. The monoisotopic (exact) mass is 542 g/mol. The minimum Gasteiger partial charge on any atom is -0.378 e. The summed E-state index contributed by atoms with van der Waals surface area (Å²) in [6.07, 6.45) is 0. The van der Waals surface area contributed by atoms with Gasteiger partial charge in [-0.15, -0.1) is 0 Å². The number of alkyl halides is 8. The van der Waals surface area contributed by atoms with E-state index in [0.29, 0.717) is 35.4 Å². The maximum atomic E-state index is 14.1. The van der Waals surface area contributed by atoms with Crippen molar-refractivity contribution in [1.82, 2.24) is 0 Å². The molecule has 6 nitrogen and oxygen atoms in total. The zero-order valence-electron chi connectivity index (χ0n) is 16.9. The summed E-state index contributed by atoms with van der Waals surface area (Å²) in [6, 6.07) is 7.03. The predicted molar refractivity (Wildman–Crippen MR) is 101 cm³/mol. The largest absolute Gasteiger partial charge is 0.449 e. The topological polar surface area (TPSA) is 86.7 Å². The lowest BCUT2D eigenvalue weighted by Gasteiger charge is -2.34. The Morgan fingerprint density at radius 2 is 0.765 bits per heavy atom. The summed E-state index contributed by atoms with van der Waals surface area (Å²) in [5.74, 6) is -17.1. The molecule has 190 valence electrons. The summed E-state index contributed by atoms with van der Waals surface area (Å²) in [5, 5.41) is -14.1. The number of hydrogen-bond acceptors (Lipinski definition) is 6. The Morgan fingerprint density at radius 3 is 1.00 bits per heavy atom. The van der Waals surface area contributed by atoms with Crippen molar-refractivity contribution >= 4 is 20.2 Å². The summed E-state index contributed by atoms with van der Waals surface area (Å²) in [4.78, 5) is 0. The van der Waals surface area contributed by atoms with E-state index in [1.54, 1.807) is 0 Å². The van der Waals surface area contributed by atoms with Gasteiger partial charge in [0.1, 0.15) is 11.5 Å². The van der Waals surface area contributed by atoms with Crippen LogP contribution in [0.3, 0.4) is 0 Å². The van der Waals surface area contributed by atoms with Gasteiger partial charge in [-0.25, -0.2) is 0 Å². The molecular formula is C18H14F8O6S2. The van der Waals surface area contributed by atoms with E-state index in [9.17, 15) is 52.0 Å². The first-order valence-electron chi connectivity index (χ1n) is 8.72. The number of aryl methyl sites for hydroxylation is 2. The fourth-order valence-electron chi connectivity index (χ4n) is 2.23. The lowest BCUT2D eigenvalue weighted by atomic mass is 10.2. The number of halogens is 8. The second-order valence-corrected chi connectivity index (χ2v) is 10.1. The highest BCUT2D eigenvalue weighted by Crippen LogP contribution is 2.56. The Morgan fingerprint density at radius 1 is 0.529 bits per heavy atom. The molecule has 0 bridgehead atoms. The lowest BCUT2D eigenvalue weighted by Crippen LogP contribution is -2.67. The van der Waals surface area contributed by atoms with E-state index >= 15 is 0 Å². The van der Waals surface area contributed by atoms with Crippen molar-refractivity contribution in [1.29, 1.82) is 0 Å². The SMILES string of the molecule is Cc1ccc(OS(=O)(=O)C(F)(F)C(F)(F)C(F)(F)C(F)(F)S(=O)(=O)Oc2ccc(C)cc2)cc1. The molecule has 16 heteroatoms. The van der Waals surface area contributed by atoms with E-state index in [1.807, 2.05) is 0 Å². The second kappa shape index (κ2) is 8.55. The second-order valence-electron chi connectivity index (χ2n) is 6.88. The van der Waals surface area contributed by atoms with Crippen LogP contribution in [0.4, 0.5) is 35.1 Å². The Balaban J connectivity index is 2.47. The van der Waals surface area contributed by atoms with Crippen LogP contribution in [0.15, 0.2) is 48.5 Å². The van der Waals surface area contributed by atoms with E-state index in [-0.39, 0.29) is 0 Å². The van der Waals surface area contributed by atoms with Crippen molar-refractivity contribution in [3.8, 4) is 11.5 Å². The Bertz CT molecular complexity index is 1140. The van der Waals surface area contributed by atoms with Crippen LogP contribution in [0.5, 0.6) is 11.5 Å². The fraction of sp³-hybridized carbons (Fsp3) is 0.333. The molecule has 0 unspecified atom stereocenters. The van der Waals surface area contributed by atoms with Crippen molar-refractivity contribution in [3.05, 3.63) is 59.7 Å². The van der Waals surface area contributed by atoms with E-state index in [0.717, 1.165) is 24.3 Å². The summed E-state index contributed by atoms with van der Waals surface area (Å²) in [7, 11) is -14.1. The first-order valence-corrected chi connectivity index (χ1v) is 11.5. The molecule has 0 saturated carbocycles. The molecular weight excluding hydrogens is 528 g/mol. The molecule has 34 heavy (non-hydrogen) atoms. The lowest BCUT2D eigenvalue weighted by molar-refractivity contribution is -0.327. The van der Waals surface area contributed by atoms with E-state index in [2.05, 4.69) is 8.37 Å². The Labute approximate surface area is 188 Å². The fourth-order valence-corrected chi connectivity index (χ4v) is 4.05. The summed E-state index contributed by atoms with van der Waals surface area (Å²) in [5.41, 5.74) is 0.846. The molecule has 2 aromatic rings. The molecule has 0 amide bonds. The zero-order valence-corrected chi connectivity index (χ0v) is 18.5. The van der Waals surface area contributed by atoms with Crippen LogP contribution in [-0.2, 0) is 20.2 Å². The van der Waals surface area contributed by atoms with Crippen molar-refractivity contribution in [2.45, 2.75) is 36.2 Å². The molecule has 0 heterocycles. The number of hydrogen-bond donors (Lipinski definition) is 0. The van der Waals surface area contributed by atoms with Crippen molar-refractivity contribution in [2.75, 3.05) is 0 Å². The van der Waals surface area contributed by atoms with Gasteiger partial charge in [-0.05, 0) is 38.1 Å². The highest BCUT2D eigenvalue weighted by Gasteiger charge is 2.88. The van der Waals surface area contributed by atoms with Gasteiger partial charge in [-0.1, -0.05) is 35.4 Å². The molecule has 0 fully saturated rings. The van der Waals surface area contributed by atoms with Crippen molar-refractivity contribution < 1.29 is 60.3 Å². The minimum atomic E-state index is -7.50. The molecule has 0 N–H and O–H groups in total. The molecule has 2 aromatic carbocycles. The molecule has 0 aliphatic carbocycles. The summed E-state index contributed by atoms with van der Waals surface area (Å²) >= 11 is 0. The van der Waals surface area contributed by atoms with Gasteiger partial charge in [0.15, 0.2) is 0 Å². The molecule has 2 rings (SSSR count). The molecule has 0 radical (unpaired) electrons. The van der Waals surface area contributed by atoms with Crippen LogP contribution in [0, 0.1) is 13.8 Å². The van der Waals surface area contributed by atoms with Crippen LogP contribution in [0.25, 0.3) is 0 Å². The maximum Gasteiger partial charge on any atom is 0.449 e. The van der Waals surface area contributed by atoms with Gasteiger partial charge in [-0.3, -0.25) is 0 Å². The van der Waals surface area contributed by atoms with Crippen molar-refractivity contribution in [3.63, 3.8) is 0 Å². The standard InChI is InChI=1S/C18H14F8O6S2/c1-11-3-7-13(8-4-11)31-33(27,28)17(23,24)15(19,20)16(21,22)18(25,26)34(29,30)32-14-9-5-12(2)6-10-14/h3-10H,1-2H3. The maximum absolute atomic E-state index is 14.1. The average molecular weight is 542 g/mol. The van der Waals surface area contributed by atoms with E-state index in [1.165, 1.54) is 13.8 Å². The van der Waals surface area contributed by atoms with Gasteiger partial charge in [-0.2, -0.15) is 52.0 Å². The smallest absolute Gasteiger partial charge is 0.378 e. The summed E-state index contributed by atoms with van der Waals surface area (Å²) < 4.78 is 167. The third kappa shape index (κ3) is 4.52. The third-order valence-corrected chi connectivity index (χ3v) is 6.80. The van der Waals surface area contributed by atoms with Gasteiger partial charge >= 0.3 is 42.6 Å². The van der Waals surface area contributed by atoms with Gasteiger partial charge in [0.05, 0.1) is 0 Å². The van der Waals surface area contributed by atoms with Gasteiger partial charge in [0.25, 0.3) is 0 Å². The first-order chi connectivity index (χ1) is 15.2. The molecule has 0 atom stereocenters. The molecule has 0 aliphatic rings. The van der Waals surface area contributed by atoms with Crippen LogP contribution in [0.1, 0.15) is 11.1 Å². The Kier molecular flexibility index (Phi) is 6.95. The van der Waals surface area contributed by atoms with Crippen LogP contribution in [0.2, 0.25) is 0 Å². The highest BCUT2D eigenvalue weighted by molar-refractivity contribution is 7.88. The quantitative estimate of drug-likeness (QED) is 0.332. The van der Waals surface area contributed by atoms with Crippen LogP contribution >= 0.6 is 0 Å². The van der Waals surface area contributed by atoms with Gasteiger partial charge < -0.3 is 8.37 Å². The average Bonchev–Trinajstić information content (AvgIpc) is 2.70. The molecule has 0 aliphatic heterocycles. The molecule has 0 aromatic heterocycles. The minimum absolute atomic E-state index is 0.423. The predicted octanol–water partition coefficient (Wildman–Crippen LogP) is 4.88. The van der Waals surface area contributed by atoms with Gasteiger partial charge in [0, 0.05) is 0 Å².